The molecule has 2 amide bonds. The minimum atomic E-state index is -0.828. The molecule has 3 atom stereocenters. The van der Waals surface area contributed by atoms with E-state index in [9.17, 15) is 14.7 Å². The van der Waals surface area contributed by atoms with Crippen LogP contribution in [0.3, 0.4) is 0 Å². The number of amides is 2. The summed E-state index contributed by atoms with van der Waals surface area (Å²) in [5.74, 6) is -0.453. The molecule has 4 rings (SSSR count). The topological polar surface area (TPSA) is 99.5 Å². The molecule has 0 saturated carbocycles. The fraction of sp³-hybridized carbons (Fsp3) is 0.469. The molecule has 0 bridgehead atoms. The van der Waals surface area contributed by atoms with Crippen LogP contribution in [0, 0.1) is 0 Å². The Morgan fingerprint density at radius 3 is 2.40 bits per heavy atom. The average Bonchev–Trinajstić information content (AvgIpc) is 3.43. The van der Waals surface area contributed by atoms with Gasteiger partial charge in [-0.1, -0.05) is 74.0 Å². The van der Waals surface area contributed by atoms with Gasteiger partial charge in [0.15, 0.2) is 5.69 Å². The Morgan fingerprint density at radius 2 is 1.73 bits per heavy atom. The summed E-state index contributed by atoms with van der Waals surface area (Å²) < 4.78 is 1.62. The van der Waals surface area contributed by atoms with E-state index in [4.69, 9.17) is 0 Å². The SMILES string of the molecule is CCCC1CCCCN1C(=O)c1cc(C(=O)N[C@@H](Cc2ccccc2)[C@@H](O)CNCc2ccccc2)nn1CC. The van der Waals surface area contributed by atoms with Crippen molar-refractivity contribution in [1.82, 2.24) is 25.3 Å². The third kappa shape index (κ3) is 7.79. The molecule has 3 aromatic rings. The van der Waals surface area contributed by atoms with E-state index in [1.54, 1.807) is 10.7 Å². The molecule has 0 radical (unpaired) electrons. The highest BCUT2D eigenvalue weighted by molar-refractivity contribution is 5.98. The van der Waals surface area contributed by atoms with Crippen molar-refractivity contribution in [3.8, 4) is 0 Å². The minimum Gasteiger partial charge on any atom is -0.390 e. The first-order chi connectivity index (χ1) is 19.5. The van der Waals surface area contributed by atoms with Crippen LogP contribution in [0.5, 0.6) is 0 Å². The second-order valence-electron chi connectivity index (χ2n) is 10.6. The predicted molar refractivity (Wildman–Crippen MR) is 157 cm³/mol. The second-order valence-corrected chi connectivity index (χ2v) is 10.6. The average molecular weight is 546 g/mol. The number of likely N-dealkylation sites (tertiary alicyclic amines) is 1. The summed E-state index contributed by atoms with van der Waals surface area (Å²) >= 11 is 0. The van der Waals surface area contributed by atoms with E-state index >= 15 is 0 Å². The number of piperidine rings is 1. The summed E-state index contributed by atoms with van der Waals surface area (Å²) in [4.78, 5) is 29.0. The van der Waals surface area contributed by atoms with Gasteiger partial charge < -0.3 is 20.6 Å². The van der Waals surface area contributed by atoms with E-state index in [1.165, 1.54) is 0 Å². The molecule has 3 N–H and O–H groups in total. The fourth-order valence-corrected chi connectivity index (χ4v) is 5.49. The molecule has 1 fully saturated rings. The van der Waals surface area contributed by atoms with Gasteiger partial charge in [-0.2, -0.15) is 5.10 Å². The Balaban J connectivity index is 1.47. The first kappa shape index (κ1) is 29.5. The van der Waals surface area contributed by atoms with Crippen LogP contribution < -0.4 is 10.6 Å². The van der Waals surface area contributed by atoms with E-state index in [0.29, 0.717) is 31.7 Å². The number of hydrogen-bond acceptors (Lipinski definition) is 5. The number of hydrogen-bond donors (Lipinski definition) is 3. The lowest BCUT2D eigenvalue weighted by molar-refractivity contribution is 0.0588. The van der Waals surface area contributed by atoms with E-state index < -0.39 is 18.1 Å². The molecule has 1 aliphatic heterocycles. The van der Waals surface area contributed by atoms with Gasteiger partial charge in [-0.25, -0.2) is 0 Å². The molecule has 214 valence electrons. The zero-order valence-corrected chi connectivity index (χ0v) is 23.8. The van der Waals surface area contributed by atoms with Gasteiger partial charge in [-0.3, -0.25) is 14.3 Å². The first-order valence-electron chi connectivity index (χ1n) is 14.7. The molecule has 8 heteroatoms. The number of aromatic nitrogens is 2. The Hall–Kier alpha value is -3.49. The minimum absolute atomic E-state index is 0.0578. The summed E-state index contributed by atoms with van der Waals surface area (Å²) in [5.41, 5.74) is 2.77. The number of benzene rings is 2. The van der Waals surface area contributed by atoms with Crippen LogP contribution in [0.15, 0.2) is 66.7 Å². The van der Waals surface area contributed by atoms with E-state index in [1.807, 2.05) is 72.5 Å². The highest BCUT2D eigenvalue weighted by atomic mass is 16.3. The molecular formula is C32H43N5O3. The molecule has 1 aliphatic rings. The molecule has 2 aromatic carbocycles. The number of rotatable bonds is 13. The highest BCUT2D eigenvalue weighted by Gasteiger charge is 2.31. The van der Waals surface area contributed by atoms with Gasteiger partial charge in [0, 0.05) is 38.3 Å². The van der Waals surface area contributed by atoms with E-state index in [-0.39, 0.29) is 17.6 Å². The molecule has 1 unspecified atom stereocenters. The third-order valence-corrected chi connectivity index (χ3v) is 7.65. The van der Waals surface area contributed by atoms with E-state index in [2.05, 4.69) is 22.7 Å². The Morgan fingerprint density at radius 1 is 1.02 bits per heavy atom. The summed E-state index contributed by atoms with van der Waals surface area (Å²) in [6, 6.07) is 21.1. The molecule has 0 aliphatic carbocycles. The molecule has 40 heavy (non-hydrogen) atoms. The summed E-state index contributed by atoms with van der Waals surface area (Å²) in [7, 11) is 0. The first-order valence-corrected chi connectivity index (χ1v) is 14.7. The number of nitrogens with zero attached hydrogens (tertiary/aromatic N) is 3. The van der Waals surface area contributed by atoms with Crippen molar-refractivity contribution in [3.05, 3.63) is 89.2 Å². The lowest BCUT2D eigenvalue weighted by atomic mass is 9.98. The lowest BCUT2D eigenvalue weighted by Gasteiger charge is -2.35. The largest absolute Gasteiger partial charge is 0.390 e. The normalized spacial score (nSPS) is 16.9. The smallest absolute Gasteiger partial charge is 0.272 e. The maximum Gasteiger partial charge on any atom is 0.272 e. The van der Waals surface area contributed by atoms with Gasteiger partial charge >= 0.3 is 0 Å². The molecule has 1 saturated heterocycles. The van der Waals surface area contributed by atoms with Crippen LogP contribution in [0.4, 0.5) is 0 Å². The number of aliphatic hydroxyl groups excluding tert-OH is 1. The van der Waals surface area contributed by atoms with E-state index in [0.717, 1.165) is 49.8 Å². The van der Waals surface area contributed by atoms with Crippen LogP contribution in [0.1, 0.15) is 78.1 Å². The summed E-state index contributed by atoms with van der Waals surface area (Å²) in [6.07, 6.45) is 4.80. The molecule has 0 spiro atoms. The van der Waals surface area contributed by atoms with Crippen molar-refractivity contribution in [2.45, 2.75) is 83.6 Å². The van der Waals surface area contributed by atoms with Crippen molar-refractivity contribution in [1.29, 1.82) is 0 Å². The number of aryl methyl sites for hydroxylation is 1. The van der Waals surface area contributed by atoms with Crippen molar-refractivity contribution >= 4 is 11.8 Å². The Kier molecular flexibility index (Phi) is 10.9. The monoisotopic (exact) mass is 545 g/mol. The van der Waals surface area contributed by atoms with Crippen LogP contribution >= 0.6 is 0 Å². The predicted octanol–water partition coefficient (Wildman–Crippen LogP) is 4.19. The van der Waals surface area contributed by atoms with Gasteiger partial charge in [-0.05, 0) is 50.2 Å². The quantitative estimate of drug-likeness (QED) is 0.299. The van der Waals surface area contributed by atoms with Crippen LogP contribution in [-0.4, -0.2) is 62.9 Å². The second kappa shape index (κ2) is 14.8. The number of carbonyl (C=O) groups excluding carboxylic acids is 2. The van der Waals surface area contributed by atoms with Crippen LogP contribution in [-0.2, 0) is 19.5 Å². The molecule has 1 aromatic heterocycles. The van der Waals surface area contributed by atoms with Crippen LogP contribution in [0.25, 0.3) is 0 Å². The van der Waals surface area contributed by atoms with Crippen molar-refractivity contribution in [2.24, 2.45) is 0 Å². The van der Waals surface area contributed by atoms with Crippen molar-refractivity contribution < 1.29 is 14.7 Å². The maximum absolute atomic E-state index is 13.6. The molecule has 8 nitrogen and oxygen atoms in total. The summed E-state index contributed by atoms with van der Waals surface area (Å²) in [5, 5.41) is 21.9. The van der Waals surface area contributed by atoms with Gasteiger partial charge in [0.05, 0.1) is 12.1 Å². The maximum atomic E-state index is 13.6. The zero-order valence-electron chi connectivity index (χ0n) is 23.8. The van der Waals surface area contributed by atoms with Gasteiger partial charge in [-0.15, -0.1) is 0 Å². The number of carbonyl (C=O) groups is 2. The third-order valence-electron chi connectivity index (χ3n) is 7.65. The van der Waals surface area contributed by atoms with Crippen LogP contribution in [0.2, 0.25) is 0 Å². The van der Waals surface area contributed by atoms with Gasteiger partial charge in [0.25, 0.3) is 11.8 Å². The lowest BCUT2D eigenvalue weighted by Crippen LogP contribution is -2.48. The highest BCUT2D eigenvalue weighted by Crippen LogP contribution is 2.23. The molecule has 2 heterocycles. The van der Waals surface area contributed by atoms with Gasteiger partial charge in [0.2, 0.25) is 0 Å². The van der Waals surface area contributed by atoms with Crippen molar-refractivity contribution in [3.63, 3.8) is 0 Å². The Labute approximate surface area is 237 Å². The fourth-order valence-electron chi connectivity index (χ4n) is 5.49. The Bertz CT molecular complexity index is 1210. The zero-order chi connectivity index (χ0) is 28.3. The number of nitrogens with one attached hydrogen (secondary N) is 2. The van der Waals surface area contributed by atoms with Gasteiger partial charge in [0.1, 0.15) is 5.69 Å². The number of aliphatic hydroxyl groups is 1. The van der Waals surface area contributed by atoms with Crippen molar-refractivity contribution in [2.75, 3.05) is 13.1 Å². The molecular weight excluding hydrogens is 502 g/mol. The summed E-state index contributed by atoms with van der Waals surface area (Å²) in [6.45, 7) is 6.22. The standard InChI is InChI=1S/C32H43N5O3/c1-3-13-26-18-11-12-19-36(26)32(40)29-21-28(35-37(29)4-2)31(39)34-27(20-24-14-7-5-8-15-24)30(38)23-33-22-25-16-9-6-10-17-25/h5-10,14-17,21,26-27,30,33,38H,3-4,11-13,18-20,22-23H2,1-2H3,(H,34,39)/t26?,27-,30-/m0/s1.